The van der Waals surface area contributed by atoms with Crippen LogP contribution in [-0.4, -0.2) is 13.2 Å². The van der Waals surface area contributed by atoms with Gasteiger partial charge in [-0.15, -0.1) is 0 Å². The number of hydrogen-bond donors (Lipinski definition) is 1. The van der Waals surface area contributed by atoms with E-state index in [-0.39, 0.29) is 0 Å². The van der Waals surface area contributed by atoms with Gasteiger partial charge < -0.3 is 10.1 Å². The second-order valence-corrected chi connectivity index (χ2v) is 5.44. The monoisotopic (exact) mass is 305 g/mol. The van der Waals surface area contributed by atoms with Crippen molar-refractivity contribution in [2.75, 3.05) is 12.4 Å². The molecule has 0 amide bonds. The third-order valence-corrected chi connectivity index (χ3v) is 3.40. The summed E-state index contributed by atoms with van der Waals surface area (Å²) >= 11 is 9.45. The first-order chi connectivity index (χ1) is 7.45. The van der Waals surface area contributed by atoms with Gasteiger partial charge in [-0.2, -0.15) is 0 Å². The van der Waals surface area contributed by atoms with Crippen LogP contribution < -0.4 is 10.1 Å². The molecule has 0 aliphatic carbocycles. The van der Waals surface area contributed by atoms with Gasteiger partial charge in [-0.3, -0.25) is 0 Å². The lowest BCUT2D eigenvalue weighted by molar-refractivity contribution is 0.412. The lowest BCUT2D eigenvalue weighted by atomic mass is 10.1. The highest BCUT2D eigenvalue weighted by molar-refractivity contribution is 9.10. The van der Waals surface area contributed by atoms with Crippen LogP contribution in [0, 0.1) is 5.92 Å². The summed E-state index contributed by atoms with van der Waals surface area (Å²) in [6, 6.07) is 4.06. The molecule has 1 aromatic carbocycles. The summed E-state index contributed by atoms with van der Waals surface area (Å²) in [7, 11) is 1.65. The maximum atomic E-state index is 6.02. The van der Waals surface area contributed by atoms with Crippen LogP contribution in [0.3, 0.4) is 0 Å². The highest BCUT2D eigenvalue weighted by Gasteiger charge is 2.13. The van der Waals surface area contributed by atoms with E-state index in [0.717, 1.165) is 15.9 Å². The van der Waals surface area contributed by atoms with Crippen LogP contribution >= 0.6 is 27.5 Å². The van der Waals surface area contributed by atoms with Crippen LogP contribution in [0.25, 0.3) is 0 Å². The zero-order valence-electron chi connectivity index (χ0n) is 9.97. The van der Waals surface area contributed by atoms with E-state index in [9.17, 15) is 0 Å². The van der Waals surface area contributed by atoms with Crippen molar-refractivity contribution in [3.63, 3.8) is 0 Å². The number of hydrogen-bond acceptors (Lipinski definition) is 2. The molecule has 0 spiro atoms. The van der Waals surface area contributed by atoms with Gasteiger partial charge in [0.05, 0.1) is 17.3 Å². The van der Waals surface area contributed by atoms with E-state index < -0.39 is 0 Å². The first-order valence-corrected chi connectivity index (χ1v) is 6.42. The minimum absolute atomic E-state index is 0.360. The third kappa shape index (κ3) is 3.29. The zero-order valence-corrected chi connectivity index (χ0v) is 12.3. The fourth-order valence-electron chi connectivity index (χ4n) is 1.29. The number of anilines is 1. The topological polar surface area (TPSA) is 21.3 Å². The molecule has 0 saturated carbocycles. The smallest absolute Gasteiger partial charge is 0.156 e. The Hall–Kier alpha value is -0.410. The Morgan fingerprint density at radius 3 is 2.44 bits per heavy atom. The largest absolute Gasteiger partial charge is 0.493 e. The Kier molecular flexibility index (Phi) is 4.93. The predicted octanol–water partition coefficient (Wildman–Crippen LogP) is 4.57. The molecule has 16 heavy (non-hydrogen) atoms. The molecule has 1 aromatic rings. The number of halogens is 2. The molecule has 0 aliphatic heterocycles. The molecular formula is C12H17BrClNO. The molecule has 1 unspecified atom stereocenters. The Bertz CT molecular complexity index is 368. The van der Waals surface area contributed by atoms with Crippen LogP contribution in [0.1, 0.15) is 20.8 Å². The first-order valence-electron chi connectivity index (χ1n) is 5.25. The SMILES string of the molecule is COc1c(Br)cc(Cl)cc1NC(C)C(C)C. The number of benzene rings is 1. The Labute approximate surface area is 110 Å². The van der Waals surface area contributed by atoms with Gasteiger partial charge in [-0.1, -0.05) is 25.4 Å². The van der Waals surface area contributed by atoms with Crippen molar-refractivity contribution in [1.82, 2.24) is 0 Å². The van der Waals surface area contributed by atoms with Crippen molar-refractivity contribution in [3.8, 4) is 5.75 Å². The van der Waals surface area contributed by atoms with Crippen LogP contribution in [-0.2, 0) is 0 Å². The molecule has 0 bridgehead atoms. The summed E-state index contributed by atoms with van der Waals surface area (Å²) < 4.78 is 6.21. The van der Waals surface area contributed by atoms with Crippen LogP contribution in [0.15, 0.2) is 16.6 Å². The molecule has 4 heteroatoms. The fourth-order valence-corrected chi connectivity index (χ4v) is 2.26. The van der Waals surface area contributed by atoms with Crippen LogP contribution in [0.4, 0.5) is 5.69 Å². The van der Waals surface area contributed by atoms with Crippen LogP contribution in [0.2, 0.25) is 5.02 Å². The maximum absolute atomic E-state index is 6.02. The Balaban J connectivity index is 3.02. The Morgan fingerprint density at radius 1 is 1.31 bits per heavy atom. The van der Waals surface area contributed by atoms with Crippen molar-refractivity contribution >= 4 is 33.2 Å². The summed E-state index contributed by atoms with van der Waals surface area (Å²) in [4.78, 5) is 0. The lowest BCUT2D eigenvalue weighted by Gasteiger charge is -2.21. The number of ether oxygens (including phenoxy) is 1. The standard InChI is InChI=1S/C12H17BrClNO/c1-7(2)8(3)15-11-6-9(14)5-10(13)12(11)16-4/h5-8,15H,1-4H3. The van der Waals surface area contributed by atoms with Gasteiger partial charge in [-0.25, -0.2) is 0 Å². The zero-order chi connectivity index (χ0) is 12.3. The van der Waals surface area contributed by atoms with Gasteiger partial charge in [0.2, 0.25) is 0 Å². The highest BCUT2D eigenvalue weighted by Crippen LogP contribution is 2.36. The highest BCUT2D eigenvalue weighted by atomic mass is 79.9. The number of methoxy groups -OCH3 is 1. The average molecular weight is 307 g/mol. The van der Waals surface area contributed by atoms with E-state index in [2.05, 4.69) is 42.0 Å². The minimum atomic E-state index is 0.360. The second-order valence-electron chi connectivity index (χ2n) is 4.15. The van der Waals surface area contributed by atoms with Crippen molar-refractivity contribution in [2.45, 2.75) is 26.8 Å². The first kappa shape index (κ1) is 13.7. The molecule has 0 fully saturated rings. The molecule has 1 atom stereocenters. The van der Waals surface area contributed by atoms with E-state index in [1.165, 1.54) is 0 Å². The summed E-state index contributed by atoms with van der Waals surface area (Å²) in [5, 5.41) is 4.09. The predicted molar refractivity (Wildman–Crippen MR) is 73.6 cm³/mol. The van der Waals surface area contributed by atoms with E-state index >= 15 is 0 Å². The number of nitrogens with one attached hydrogen (secondary N) is 1. The molecule has 0 aliphatic rings. The van der Waals surface area contributed by atoms with Crippen LogP contribution in [0.5, 0.6) is 5.75 Å². The van der Waals surface area contributed by atoms with E-state index in [1.54, 1.807) is 7.11 Å². The fraction of sp³-hybridized carbons (Fsp3) is 0.500. The molecule has 0 saturated heterocycles. The molecule has 2 nitrogen and oxygen atoms in total. The average Bonchev–Trinajstić information content (AvgIpc) is 2.16. The second kappa shape index (κ2) is 5.78. The summed E-state index contributed by atoms with van der Waals surface area (Å²) in [5.41, 5.74) is 0.920. The summed E-state index contributed by atoms with van der Waals surface area (Å²) in [6.45, 7) is 6.48. The minimum Gasteiger partial charge on any atom is -0.493 e. The van der Waals surface area contributed by atoms with E-state index in [1.807, 2.05) is 12.1 Å². The van der Waals surface area contributed by atoms with E-state index in [4.69, 9.17) is 16.3 Å². The number of rotatable bonds is 4. The molecular weight excluding hydrogens is 289 g/mol. The van der Waals surface area contributed by atoms with Gasteiger partial charge in [-0.05, 0) is 40.9 Å². The molecule has 0 heterocycles. The Morgan fingerprint density at radius 2 is 1.94 bits per heavy atom. The molecule has 0 radical (unpaired) electrons. The molecule has 1 N–H and O–H groups in total. The van der Waals surface area contributed by atoms with Gasteiger partial charge in [0.15, 0.2) is 5.75 Å². The normalized spacial score (nSPS) is 12.7. The molecule has 0 aromatic heterocycles. The van der Waals surface area contributed by atoms with Gasteiger partial charge in [0.1, 0.15) is 0 Å². The summed E-state index contributed by atoms with van der Waals surface area (Å²) in [6.07, 6.45) is 0. The van der Waals surface area contributed by atoms with Crippen molar-refractivity contribution < 1.29 is 4.74 Å². The van der Waals surface area contributed by atoms with Crippen molar-refractivity contribution in [3.05, 3.63) is 21.6 Å². The molecule has 90 valence electrons. The summed E-state index contributed by atoms with van der Waals surface area (Å²) in [5.74, 6) is 1.33. The van der Waals surface area contributed by atoms with Gasteiger partial charge in [0.25, 0.3) is 0 Å². The van der Waals surface area contributed by atoms with Gasteiger partial charge in [0, 0.05) is 11.1 Å². The maximum Gasteiger partial charge on any atom is 0.156 e. The van der Waals surface area contributed by atoms with Crippen molar-refractivity contribution in [1.29, 1.82) is 0 Å². The third-order valence-electron chi connectivity index (χ3n) is 2.60. The molecule has 1 rings (SSSR count). The lowest BCUT2D eigenvalue weighted by Crippen LogP contribution is -2.21. The van der Waals surface area contributed by atoms with E-state index in [0.29, 0.717) is 17.0 Å². The van der Waals surface area contributed by atoms with Gasteiger partial charge >= 0.3 is 0 Å². The quantitative estimate of drug-likeness (QED) is 0.880. The van der Waals surface area contributed by atoms with Crippen molar-refractivity contribution in [2.24, 2.45) is 5.92 Å².